The number of nitrogens with one attached hydrogen (secondary N) is 1. The first-order valence-electron chi connectivity index (χ1n) is 10.1. The van der Waals surface area contributed by atoms with Crippen molar-refractivity contribution in [2.75, 3.05) is 30.9 Å². The van der Waals surface area contributed by atoms with Gasteiger partial charge in [-0.1, -0.05) is 29.8 Å². The largest absolute Gasteiger partial charge is 0.463 e. The van der Waals surface area contributed by atoms with Gasteiger partial charge in [0, 0.05) is 32.4 Å². The van der Waals surface area contributed by atoms with E-state index in [1.54, 1.807) is 12.1 Å². The molecule has 0 fully saturated rings. The zero-order valence-corrected chi connectivity index (χ0v) is 18.3. The predicted octanol–water partition coefficient (Wildman–Crippen LogP) is 5.32. The van der Waals surface area contributed by atoms with E-state index in [4.69, 9.17) is 10.00 Å². The van der Waals surface area contributed by atoms with Gasteiger partial charge in [-0.2, -0.15) is 5.26 Å². The van der Waals surface area contributed by atoms with Crippen molar-refractivity contribution >= 4 is 17.3 Å². The van der Waals surface area contributed by atoms with Gasteiger partial charge in [0.1, 0.15) is 6.61 Å². The van der Waals surface area contributed by atoms with Crippen LogP contribution in [-0.4, -0.2) is 26.7 Å². The first-order valence-corrected chi connectivity index (χ1v) is 10.1. The maximum Gasteiger partial charge on any atom is 0.302 e. The van der Waals surface area contributed by atoms with Crippen LogP contribution in [0.2, 0.25) is 0 Å². The number of nitriles is 1. The summed E-state index contributed by atoms with van der Waals surface area (Å²) in [6, 6.07) is 23.9. The number of rotatable bonds is 7. The Kier molecular flexibility index (Phi) is 6.94. The number of carbonyl (C=O) groups excluding carboxylic acids is 1. The van der Waals surface area contributed by atoms with Crippen molar-refractivity contribution in [3.63, 3.8) is 0 Å². The van der Waals surface area contributed by atoms with E-state index in [1.807, 2.05) is 26.2 Å². The van der Waals surface area contributed by atoms with Crippen molar-refractivity contribution in [2.45, 2.75) is 19.9 Å². The summed E-state index contributed by atoms with van der Waals surface area (Å²) in [6.45, 7) is 3.68. The second-order valence-corrected chi connectivity index (χ2v) is 7.77. The van der Waals surface area contributed by atoms with Crippen molar-refractivity contribution in [1.29, 1.82) is 5.26 Å². The third kappa shape index (κ3) is 5.86. The molecular weight excluding hydrogens is 386 g/mol. The van der Waals surface area contributed by atoms with Gasteiger partial charge < -0.3 is 15.0 Å². The molecule has 1 N–H and O–H groups in total. The Labute approximate surface area is 183 Å². The molecule has 0 saturated carbocycles. The van der Waals surface area contributed by atoms with Gasteiger partial charge in [0.05, 0.1) is 17.7 Å². The van der Waals surface area contributed by atoms with Gasteiger partial charge in [-0.25, -0.2) is 0 Å². The lowest BCUT2D eigenvalue weighted by molar-refractivity contribution is -0.141. The fourth-order valence-electron chi connectivity index (χ4n) is 3.41. The smallest absolute Gasteiger partial charge is 0.302 e. The minimum atomic E-state index is -0.321. The summed E-state index contributed by atoms with van der Waals surface area (Å²) in [4.78, 5) is 13.6. The summed E-state index contributed by atoms with van der Waals surface area (Å²) < 4.78 is 5.35. The number of nitrogens with zero attached hydrogens (tertiary/aromatic N) is 2. The monoisotopic (exact) mass is 413 g/mol. The second-order valence-electron chi connectivity index (χ2n) is 7.77. The molecule has 5 heteroatoms. The molecule has 0 spiro atoms. The lowest BCUT2D eigenvalue weighted by Crippen LogP contribution is -2.19. The van der Waals surface area contributed by atoms with Gasteiger partial charge in [-0.05, 0) is 66.1 Å². The number of benzene rings is 3. The lowest BCUT2D eigenvalue weighted by atomic mass is 9.96. The normalized spacial score (nSPS) is 11.3. The number of esters is 1. The van der Waals surface area contributed by atoms with Crippen LogP contribution < -0.4 is 10.2 Å². The van der Waals surface area contributed by atoms with Crippen LogP contribution >= 0.6 is 0 Å². The highest BCUT2D eigenvalue weighted by atomic mass is 16.5. The van der Waals surface area contributed by atoms with E-state index >= 15 is 0 Å². The van der Waals surface area contributed by atoms with Gasteiger partial charge in [-0.15, -0.1) is 0 Å². The quantitative estimate of drug-likeness (QED) is 0.531. The predicted molar refractivity (Wildman–Crippen MR) is 125 cm³/mol. The van der Waals surface area contributed by atoms with E-state index in [9.17, 15) is 4.79 Å². The molecule has 0 aliphatic heterocycles. The van der Waals surface area contributed by atoms with Crippen LogP contribution in [0, 0.1) is 18.3 Å². The molecule has 0 bridgehead atoms. The van der Waals surface area contributed by atoms with Gasteiger partial charge in [-0.3, -0.25) is 4.79 Å². The van der Waals surface area contributed by atoms with Crippen LogP contribution in [0.5, 0.6) is 0 Å². The third-order valence-corrected chi connectivity index (χ3v) is 5.01. The van der Waals surface area contributed by atoms with Crippen LogP contribution in [0.3, 0.4) is 0 Å². The summed E-state index contributed by atoms with van der Waals surface area (Å²) in [5, 5.41) is 12.5. The summed E-state index contributed by atoms with van der Waals surface area (Å²) >= 11 is 0. The van der Waals surface area contributed by atoms with Crippen LogP contribution in [0.15, 0.2) is 66.7 Å². The van der Waals surface area contributed by atoms with E-state index in [0.717, 1.165) is 33.6 Å². The van der Waals surface area contributed by atoms with Crippen molar-refractivity contribution in [2.24, 2.45) is 0 Å². The summed E-state index contributed by atoms with van der Waals surface area (Å²) in [6.07, 6.45) is 0. The Balaban J connectivity index is 1.96. The number of anilines is 2. The average Bonchev–Trinajstić information content (AvgIpc) is 2.76. The van der Waals surface area contributed by atoms with Gasteiger partial charge in [0.15, 0.2) is 0 Å². The number of hydrogen-bond acceptors (Lipinski definition) is 5. The fraction of sp³-hybridized carbons (Fsp3) is 0.231. The molecule has 158 valence electrons. The molecule has 3 rings (SSSR count). The minimum absolute atomic E-state index is 0.204. The second kappa shape index (κ2) is 9.82. The Morgan fingerprint density at radius 2 is 1.81 bits per heavy atom. The van der Waals surface area contributed by atoms with Crippen molar-refractivity contribution in [3.8, 4) is 17.2 Å². The molecule has 0 saturated heterocycles. The molecule has 0 aliphatic rings. The van der Waals surface area contributed by atoms with E-state index in [-0.39, 0.29) is 18.6 Å². The van der Waals surface area contributed by atoms with E-state index < -0.39 is 0 Å². The topological polar surface area (TPSA) is 65.4 Å². The maximum absolute atomic E-state index is 11.5. The molecule has 1 atom stereocenters. The maximum atomic E-state index is 11.5. The molecule has 0 radical (unpaired) electrons. The molecule has 3 aromatic carbocycles. The number of ether oxygens (including phenoxy) is 1. The Hall–Kier alpha value is -3.78. The highest BCUT2D eigenvalue weighted by Gasteiger charge is 2.16. The Morgan fingerprint density at radius 1 is 1.06 bits per heavy atom. The van der Waals surface area contributed by atoms with E-state index in [0.29, 0.717) is 5.56 Å². The molecule has 1 unspecified atom stereocenters. The van der Waals surface area contributed by atoms with Crippen LogP contribution in [0.25, 0.3) is 11.1 Å². The van der Waals surface area contributed by atoms with Crippen LogP contribution in [0.1, 0.15) is 29.7 Å². The molecule has 3 aromatic rings. The van der Waals surface area contributed by atoms with Gasteiger partial charge in [0.2, 0.25) is 0 Å². The SMILES string of the molecule is CC(=O)OCC(Nc1ccc(C#N)cc1)c1cc(C)cc(-c2cccc(N(C)C)c2)c1. The highest BCUT2D eigenvalue weighted by molar-refractivity contribution is 5.70. The van der Waals surface area contributed by atoms with Crippen molar-refractivity contribution < 1.29 is 9.53 Å². The molecule has 0 aliphatic carbocycles. The van der Waals surface area contributed by atoms with Crippen molar-refractivity contribution in [3.05, 3.63) is 83.4 Å². The third-order valence-electron chi connectivity index (χ3n) is 5.01. The molecular formula is C26H27N3O2. The molecule has 31 heavy (non-hydrogen) atoms. The highest BCUT2D eigenvalue weighted by Crippen LogP contribution is 2.29. The molecule has 0 aromatic heterocycles. The van der Waals surface area contributed by atoms with E-state index in [2.05, 4.69) is 65.7 Å². The zero-order valence-electron chi connectivity index (χ0n) is 18.3. The summed E-state index contributed by atoms with van der Waals surface area (Å²) in [5.74, 6) is -0.321. The fourth-order valence-corrected chi connectivity index (χ4v) is 3.41. The van der Waals surface area contributed by atoms with Crippen LogP contribution in [0.4, 0.5) is 11.4 Å². The first kappa shape index (κ1) is 21.9. The van der Waals surface area contributed by atoms with Crippen LogP contribution in [-0.2, 0) is 9.53 Å². The number of carbonyl (C=O) groups is 1. The molecule has 5 nitrogen and oxygen atoms in total. The Morgan fingerprint density at radius 3 is 2.45 bits per heavy atom. The van der Waals surface area contributed by atoms with Gasteiger partial charge in [0.25, 0.3) is 0 Å². The Bertz CT molecular complexity index is 1100. The summed E-state index contributed by atoms with van der Waals surface area (Å²) in [5.41, 5.74) is 6.96. The molecule has 0 heterocycles. The summed E-state index contributed by atoms with van der Waals surface area (Å²) in [7, 11) is 4.05. The average molecular weight is 414 g/mol. The minimum Gasteiger partial charge on any atom is -0.463 e. The first-order chi connectivity index (χ1) is 14.9. The van der Waals surface area contributed by atoms with E-state index in [1.165, 1.54) is 6.92 Å². The standard InChI is InChI=1S/C26H27N3O2/c1-18-12-22(21-6-5-7-25(15-21)29(3)4)14-23(13-18)26(17-31-19(2)30)28-24-10-8-20(16-27)9-11-24/h5-15,26,28H,17H2,1-4H3. The number of aryl methyl sites for hydroxylation is 1. The van der Waals surface area contributed by atoms with Crippen molar-refractivity contribution in [1.82, 2.24) is 0 Å². The van der Waals surface area contributed by atoms with Gasteiger partial charge >= 0.3 is 5.97 Å². The molecule has 0 amide bonds. The number of hydrogen-bond donors (Lipinski definition) is 1. The lowest BCUT2D eigenvalue weighted by Gasteiger charge is -2.22. The zero-order chi connectivity index (χ0) is 22.4.